The molecular weight excluding hydrogens is 432 g/mol. The Balaban J connectivity index is 0.00000231. The van der Waals surface area contributed by atoms with Crippen LogP contribution < -0.4 is 10.6 Å². The molecule has 6 nitrogen and oxygen atoms in total. The number of fused-ring (bicyclic) bond motifs is 2. The molecule has 0 spiro atoms. The second-order valence-electron chi connectivity index (χ2n) is 7.84. The van der Waals surface area contributed by atoms with Crippen LogP contribution in [0.25, 0.3) is 21.7 Å². The summed E-state index contributed by atoms with van der Waals surface area (Å²) in [6.45, 7) is 3.00. The molecule has 162 valence electrons. The number of halogens is 1. The first-order valence-electron chi connectivity index (χ1n) is 10.3. The standard InChI is InChI=1S/C23H24N4O2S.ClH/c28-30(29,22-7-3-5-17-4-1-2-6-19(17)22)23-20-14-18(8-9-21(20)26-27-23)25-15-16-10-12-24-13-11-16;/h1-9,14,16,24-25H,10-13,15H2,(H,26,27);1H. The van der Waals surface area contributed by atoms with Crippen LogP contribution in [0.1, 0.15) is 12.8 Å². The van der Waals surface area contributed by atoms with Gasteiger partial charge in [-0.25, -0.2) is 8.42 Å². The summed E-state index contributed by atoms with van der Waals surface area (Å²) in [4.78, 5) is 0.291. The lowest BCUT2D eigenvalue weighted by molar-refractivity contribution is 0.390. The number of aromatic nitrogens is 2. The Morgan fingerprint density at radius 1 is 0.968 bits per heavy atom. The molecule has 0 radical (unpaired) electrons. The minimum atomic E-state index is -3.76. The molecule has 0 aliphatic carbocycles. The molecule has 1 aliphatic rings. The second kappa shape index (κ2) is 8.86. The Morgan fingerprint density at radius 3 is 2.58 bits per heavy atom. The first kappa shape index (κ1) is 21.6. The normalized spacial score (nSPS) is 15.1. The summed E-state index contributed by atoms with van der Waals surface area (Å²) in [5, 5.41) is 16.2. The van der Waals surface area contributed by atoms with Crippen LogP contribution in [-0.2, 0) is 9.84 Å². The molecule has 2 heterocycles. The number of H-pyrrole nitrogens is 1. The number of hydrogen-bond acceptors (Lipinski definition) is 5. The van der Waals surface area contributed by atoms with Crippen molar-refractivity contribution in [2.45, 2.75) is 22.8 Å². The van der Waals surface area contributed by atoms with Crippen molar-refractivity contribution in [2.75, 3.05) is 25.0 Å². The molecule has 3 N–H and O–H groups in total. The zero-order chi connectivity index (χ0) is 20.6. The van der Waals surface area contributed by atoms with E-state index >= 15 is 0 Å². The van der Waals surface area contributed by atoms with E-state index in [4.69, 9.17) is 0 Å². The highest BCUT2D eigenvalue weighted by Gasteiger charge is 2.25. The van der Waals surface area contributed by atoms with Gasteiger partial charge in [0.25, 0.3) is 0 Å². The fourth-order valence-electron chi connectivity index (χ4n) is 4.19. The molecule has 4 aromatic rings. The van der Waals surface area contributed by atoms with Gasteiger partial charge >= 0.3 is 0 Å². The number of benzene rings is 3. The maximum atomic E-state index is 13.5. The zero-order valence-electron chi connectivity index (χ0n) is 17.0. The number of hydrogen-bond donors (Lipinski definition) is 3. The monoisotopic (exact) mass is 456 g/mol. The Labute approximate surface area is 187 Å². The van der Waals surface area contributed by atoms with Gasteiger partial charge in [0.2, 0.25) is 9.84 Å². The van der Waals surface area contributed by atoms with Gasteiger partial charge in [-0.3, -0.25) is 5.10 Å². The molecule has 0 bridgehead atoms. The van der Waals surface area contributed by atoms with Crippen LogP contribution >= 0.6 is 12.4 Å². The van der Waals surface area contributed by atoms with Crippen LogP contribution in [0.15, 0.2) is 70.6 Å². The van der Waals surface area contributed by atoms with Gasteiger partial charge in [-0.2, -0.15) is 5.10 Å². The van der Waals surface area contributed by atoms with Crippen molar-refractivity contribution in [3.63, 3.8) is 0 Å². The third kappa shape index (κ3) is 4.13. The molecule has 1 aromatic heterocycles. The molecule has 1 aliphatic heterocycles. The molecule has 8 heteroatoms. The van der Waals surface area contributed by atoms with Crippen LogP contribution in [-0.4, -0.2) is 38.2 Å². The van der Waals surface area contributed by atoms with E-state index in [1.54, 1.807) is 12.1 Å². The maximum Gasteiger partial charge on any atom is 0.224 e. The number of piperidine rings is 1. The van der Waals surface area contributed by atoms with E-state index in [0.717, 1.165) is 43.5 Å². The lowest BCUT2D eigenvalue weighted by Gasteiger charge is -2.23. The summed E-state index contributed by atoms with van der Waals surface area (Å²) in [5.74, 6) is 0.630. The summed E-state index contributed by atoms with van der Waals surface area (Å²) < 4.78 is 27.1. The highest BCUT2D eigenvalue weighted by Crippen LogP contribution is 2.32. The largest absolute Gasteiger partial charge is 0.385 e. The Kier molecular flexibility index (Phi) is 6.18. The molecule has 0 atom stereocenters. The number of nitrogens with one attached hydrogen (secondary N) is 3. The van der Waals surface area contributed by atoms with Gasteiger partial charge in [-0.1, -0.05) is 36.4 Å². The van der Waals surface area contributed by atoms with Gasteiger partial charge in [-0.15, -0.1) is 12.4 Å². The number of anilines is 1. The Morgan fingerprint density at radius 2 is 1.74 bits per heavy atom. The topological polar surface area (TPSA) is 86.9 Å². The number of nitrogens with zero attached hydrogens (tertiary/aromatic N) is 1. The predicted octanol–water partition coefficient (Wildman–Crippen LogP) is 4.38. The molecule has 0 unspecified atom stereocenters. The van der Waals surface area contributed by atoms with Crippen molar-refractivity contribution in [2.24, 2.45) is 5.92 Å². The van der Waals surface area contributed by atoms with Crippen LogP contribution in [0.5, 0.6) is 0 Å². The quantitative estimate of drug-likeness (QED) is 0.414. The van der Waals surface area contributed by atoms with E-state index < -0.39 is 9.84 Å². The van der Waals surface area contributed by atoms with Crippen molar-refractivity contribution < 1.29 is 8.42 Å². The lowest BCUT2D eigenvalue weighted by Crippen LogP contribution is -2.31. The summed E-state index contributed by atoms with van der Waals surface area (Å²) in [6.07, 6.45) is 2.31. The molecule has 5 rings (SSSR count). The average molecular weight is 457 g/mol. The molecule has 1 saturated heterocycles. The fourth-order valence-corrected chi connectivity index (χ4v) is 5.76. The zero-order valence-corrected chi connectivity index (χ0v) is 18.6. The van der Waals surface area contributed by atoms with Crippen molar-refractivity contribution in [1.82, 2.24) is 15.5 Å². The third-order valence-corrected chi connectivity index (χ3v) is 7.66. The van der Waals surface area contributed by atoms with Crippen molar-refractivity contribution in [1.29, 1.82) is 0 Å². The van der Waals surface area contributed by atoms with E-state index in [0.29, 0.717) is 27.1 Å². The molecule has 1 fully saturated rings. The first-order chi connectivity index (χ1) is 14.6. The smallest absolute Gasteiger partial charge is 0.224 e. The van der Waals surface area contributed by atoms with Gasteiger partial charge in [-0.05, 0) is 61.5 Å². The average Bonchev–Trinajstić information content (AvgIpc) is 3.22. The first-order valence-corrected chi connectivity index (χ1v) is 11.8. The summed E-state index contributed by atoms with van der Waals surface area (Å²) in [5.41, 5.74) is 1.55. The van der Waals surface area contributed by atoms with Gasteiger partial charge in [0.05, 0.1) is 10.4 Å². The SMILES string of the molecule is Cl.O=S(=O)(c1cccc2ccccc12)c1[nH]nc2ccc(NCC3CCNCC3)cc12. The van der Waals surface area contributed by atoms with Crippen molar-refractivity contribution >= 4 is 49.6 Å². The Hall–Kier alpha value is -2.61. The summed E-state index contributed by atoms with van der Waals surface area (Å²) in [7, 11) is -3.76. The highest BCUT2D eigenvalue weighted by molar-refractivity contribution is 7.91. The van der Waals surface area contributed by atoms with Crippen molar-refractivity contribution in [3.05, 3.63) is 60.7 Å². The van der Waals surface area contributed by atoms with E-state index in [9.17, 15) is 8.42 Å². The van der Waals surface area contributed by atoms with E-state index in [1.165, 1.54) is 0 Å². The lowest BCUT2D eigenvalue weighted by atomic mass is 9.98. The maximum absolute atomic E-state index is 13.5. The van der Waals surface area contributed by atoms with Gasteiger partial charge < -0.3 is 10.6 Å². The third-order valence-electron chi connectivity index (χ3n) is 5.88. The highest BCUT2D eigenvalue weighted by atomic mass is 35.5. The van der Waals surface area contributed by atoms with Crippen LogP contribution in [0.2, 0.25) is 0 Å². The molecular formula is C23H25ClN4O2S. The Bertz CT molecular complexity index is 1310. The van der Waals surface area contributed by atoms with Gasteiger partial charge in [0.15, 0.2) is 5.03 Å². The van der Waals surface area contributed by atoms with Gasteiger partial charge in [0.1, 0.15) is 0 Å². The minimum Gasteiger partial charge on any atom is -0.385 e. The predicted molar refractivity (Wildman–Crippen MR) is 127 cm³/mol. The van der Waals surface area contributed by atoms with Crippen LogP contribution in [0.3, 0.4) is 0 Å². The van der Waals surface area contributed by atoms with E-state index in [-0.39, 0.29) is 17.4 Å². The molecule has 31 heavy (non-hydrogen) atoms. The van der Waals surface area contributed by atoms with E-state index in [2.05, 4.69) is 20.8 Å². The molecule has 3 aromatic carbocycles. The molecule has 0 saturated carbocycles. The van der Waals surface area contributed by atoms with Crippen molar-refractivity contribution in [3.8, 4) is 0 Å². The summed E-state index contributed by atoms with van der Waals surface area (Å²) >= 11 is 0. The number of aromatic amines is 1. The number of sulfone groups is 1. The second-order valence-corrected chi connectivity index (χ2v) is 9.69. The van der Waals surface area contributed by atoms with E-state index in [1.807, 2.05) is 48.5 Å². The minimum absolute atomic E-state index is 0. The van der Waals surface area contributed by atoms with Gasteiger partial charge in [0, 0.05) is 23.0 Å². The molecule has 0 amide bonds. The van der Waals surface area contributed by atoms with Crippen LogP contribution in [0.4, 0.5) is 5.69 Å². The number of rotatable bonds is 5. The van der Waals surface area contributed by atoms with Crippen LogP contribution in [0, 0.1) is 5.92 Å². The summed E-state index contributed by atoms with van der Waals surface area (Å²) in [6, 6.07) is 18.6. The fraction of sp³-hybridized carbons (Fsp3) is 0.261.